The minimum atomic E-state index is -4.18. The van der Waals surface area contributed by atoms with Gasteiger partial charge in [0.25, 0.3) is 0 Å². The quantitative estimate of drug-likeness (QED) is 0.725. The minimum Gasteiger partial charge on any atom is -0.294 e. The Morgan fingerprint density at radius 1 is 1.12 bits per heavy atom. The summed E-state index contributed by atoms with van der Waals surface area (Å²) in [6.07, 6.45) is -5.27. The van der Waals surface area contributed by atoms with Crippen molar-refractivity contribution in [3.05, 3.63) is 34.9 Å². The second-order valence-electron chi connectivity index (χ2n) is 4.27. The second kappa shape index (κ2) is 5.34. The smallest absolute Gasteiger partial charge is 0.294 e. The van der Waals surface area contributed by atoms with Crippen molar-refractivity contribution in [3.63, 3.8) is 0 Å². The number of Topliss-reactive ketones (excluding diaryl/α,β-unsaturated/α-hetero) is 1. The molecule has 94 valence electrons. The fourth-order valence-corrected chi connectivity index (χ4v) is 1.73. The lowest BCUT2D eigenvalue weighted by Crippen LogP contribution is -2.08. The first kappa shape index (κ1) is 13.7. The Hall–Kier alpha value is -1.32. The number of ketones is 1. The largest absolute Gasteiger partial charge is 0.389 e. The van der Waals surface area contributed by atoms with Gasteiger partial charge in [-0.15, -0.1) is 0 Å². The van der Waals surface area contributed by atoms with Gasteiger partial charge in [0.15, 0.2) is 5.78 Å². The monoisotopic (exact) mass is 244 g/mol. The number of aryl methyl sites for hydroxylation is 2. The maximum Gasteiger partial charge on any atom is 0.389 e. The van der Waals surface area contributed by atoms with Gasteiger partial charge in [-0.1, -0.05) is 17.2 Å². The van der Waals surface area contributed by atoms with Crippen molar-refractivity contribution in [1.29, 1.82) is 0 Å². The molecule has 0 saturated carbocycles. The lowest BCUT2D eigenvalue weighted by atomic mass is 10.0. The summed E-state index contributed by atoms with van der Waals surface area (Å²) in [7, 11) is 0. The van der Waals surface area contributed by atoms with Gasteiger partial charge < -0.3 is 0 Å². The lowest BCUT2D eigenvalue weighted by Gasteiger charge is -2.06. The van der Waals surface area contributed by atoms with Crippen molar-refractivity contribution in [3.8, 4) is 0 Å². The highest BCUT2D eigenvalue weighted by Crippen LogP contribution is 2.23. The zero-order valence-electron chi connectivity index (χ0n) is 9.90. The van der Waals surface area contributed by atoms with E-state index in [1.165, 1.54) is 0 Å². The van der Waals surface area contributed by atoms with Gasteiger partial charge in [-0.05, 0) is 32.4 Å². The maximum atomic E-state index is 11.9. The Labute approximate surface area is 98.6 Å². The highest BCUT2D eigenvalue weighted by molar-refractivity contribution is 5.96. The number of hydrogen-bond acceptors (Lipinski definition) is 1. The average molecular weight is 244 g/mol. The minimum absolute atomic E-state index is 0.0532. The van der Waals surface area contributed by atoms with E-state index in [-0.39, 0.29) is 18.6 Å². The maximum absolute atomic E-state index is 11.9. The summed E-state index contributed by atoms with van der Waals surface area (Å²) in [4.78, 5) is 11.7. The van der Waals surface area contributed by atoms with Crippen LogP contribution < -0.4 is 0 Å². The molecule has 0 saturated heterocycles. The van der Waals surface area contributed by atoms with Crippen LogP contribution in [0.3, 0.4) is 0 Å². The predicted molar refractivity (Wildman–Crippen MR) is 60.2 cm³/mol. The molecule has 1 nitrogen and oxygen atoms in total. The van der Waals surface area contributed by atoms with Crippen molar-refractivity contribution in [2.45, 2.75) is 39.3 Å². The molecule has 0 aromatic heterocycles. The Kier molecular flexibility index (Phi) is 4.32. The third kappa shape index (κ3) is 5.02. The van der Waals surface area contributed by atoms with Crippen molar-refractivity contribution in [2.75, 3.05) is 0 Å². The highest BCUT2D eigenvalue weighted by Gasteiger charge is 2.26. The Bertz CT molecular complexity index is 387. The van der Waals surface area contributed by atoms with E-state index in [1.807, 2.05) is 19.9 Å². The Morgan fingerprint density at radius 3 is 2.12 bits per heavy atom. The fourth-order valence-electron chi connectivity index (χ4n) is 1.73. The molecule has 0 fully saturated rings. The number of hydrogen-bond donors (Lipinski definition) is 0. The first-order chi connectivity index (χ1) is 7.78. The third-order valence-corrected chi connectivity index (χ3v) is 2.41. The molecule has 0 aliphatic rings. The summed E-state index contributed by atoms with van der Waals surface area (Å²) < 4.78 is 35.8. The van der Waals surface area contributed by atoms with Crippen LogP contribution in [0.2, 0.25) is 0 Å². The summed E-state index contributed by atoms with van der Waals surface area (Å²) in [6, 6.07) is 5.35. The van der Waals surface area contributed by atoms with E-state index in [1.54, 1.807) is 12.1 Å². The van der Waals surface area contributed by atoms with Gasteiger partial charge >= 0.3 is 6.18 Å². The summed E-state index contributed by atoms with van der Waals surface area (Å²) in [6.45, 7) is 3.72. The normalized spacial score (nSPS) is 11.6. The molecular weight excluding hydrogens is 229 g/mol. The lowest BCUT2D eigenvalue weighted by molar-refractivity contribution is -0.135. The van der Waals surface area contributed by atoms with Crippen molar-refractivity contribution in [2.24, 2.45) is 0 Å². The molecule has 0 atom stereocenters. The Balaban J connectivity index is 2.58. The van der Waals surface area contributed by atoms with Gasteiger partial charge in [-0.25, -0.2) is 0 Å². The first-order valence-electron chi connectivity index (χ1n) is 5.46. The third-order valence-electron chi connectivity index (χ3n) is 2.41. The SMILES string of the molecule is Cc1cc(C)cc(C(=O)CCCC(F)(F)F)c1. The average Bonchev–Trinajstić information content (AvgIpc) is 2.13. The molecule has 0 N–H and O–H groups in total. The molecule has 0 amide bonds. The first-order valence-corrected chi connectivity index (χ1v) is 5.46. The van der Waals surface area contributed by atoms with E-state index in [0.29, 0.717) is 5.56 Å². The molecule has 1 aromatic rings. The van der Waals surface area contributed by atoms with Crippen LogP contribution in [-0.4, -0.2) is 12.0 Å². The number of benzene rings is 1. The molecule has 0 aliphatic heterocycles. The summed E-state index contributed by atoms with van der Waals surface area (Å²) >= 11 is 0. The molecule has 0 heterocycles. The van der Waals surface area contributed by atoms with Crippen LogP contribution in [0.1, 0.15) is 40.7 Å². The molecule has 0 radical (unpaired) electrons. The van der Waals surface area contributed by atoms with Gasteiger partial charge in [0, 0.05) is 18.4 Å². The molecule has 1 rings (SSSR count). The molecule has 0 spiro atoms. The summed E-state index contributed by atoms with van der Waals surface area (Å²) in [5.74, 6) is -0.221. The van der Waals surface area contributed by atoms with E-state index >= 15 is 0 Å². The highest BCUT2D eigenvalue weighted by atomic mass is 19.4. The van der Waals surface area contributed by atoms with E-state index in [9.17, 15) is 18.0 Å². The summed E-state index contributed by atoms with van der Waals surface area (Å²) in [5, 5.41) is 0. The van der Waals surface area contributed by atoms with Crippen molar-refractivity contribution < 1.29 is 18.0 Å². The molecule has 17 heavy (non-hydrogen) atoms. The summed E-state index contributed by atoms with van der Waals surface area (Å²) in [5.41, 5.74) is 2.40. The van der Waals surface area contributed by atoms with Gasteiger partial charge in [0.2, 0.25) is 0 Å². The van der Waals surface area contributed by atoms with Crippen LogP contribution >= 0.6 is 0 Å². The van der Waals surface area contributed by atoms with Crippen LogP contribution in [0.5, 0.6) is 0 Å². The van der Waals surface area contributed by atoms with Gasteiger partial charge in [-0.3, -0.25) is 4.79 Å². The zero-order chi connectivity index (χ0) is 13.1. The van der Waals surface area contributed by atoms with E-state index in [2.05, 4.69) is 0 Å². The Morgan fingerprint density at radius 2 is 1.65 bits per heavy atom. The van der Waals surface area contributed by atoms with Crippen LogP contribution in [0.15, 0.2) is 18.2 Å². The van der Waals surface area contributed by atoms with Crippen LogP contribution in [0.4, 0.5) is 13.2 Å². The molecular formula is C13H15F3O. The van der Waals surface area contributed by atoms with E-state index < -0.39 is 12.6 Å². The standard InChI is InChI=1S/C13H15F3O/c1-9-6-10(2)8-11(7-9)12(17)4-3-5-13(14,15)16/h6-8H,3-5H2,1-2H3. The number of rotatable bonds is 4. The van der Waals surface area contributed by atoms with Crippen LogP contribution in [0, 0.1) is 13.8 Å². The van der Waals surface area contributed by atoms with E-state index in [0.717, 1.165) is 11.1 Å². The van der Waals surface area contributed by atoms with E-state index in [4.69, 9.17) is 0 Å². The molecule has 0 aliphatic carbocycles. The van der Waals surface area contributed by atoms with Gasteiger partial charge in [0.1, 0.15) is 0 Å². The molecule has 4 heteroatoms. The van der Waals surface area contributed by atoms with Gasteiger partial charge in [0.05, 0.1) is 0 Å². The number of carbonyl (C=O) groups is 1. The van der Waals surface area contributed by atoms with Crippen molar-refractivity contribution >= 4 is 5.78 Å². The van der Waals surface area contributed by atoms with Crippen LogP contribution in [-0.2, 0) is 0 Å². The number of carbonyl (C=O) groups excluding carboxylic acids is 1. The second-order valence-corrected chi connectivity index (χ2v) is 4.27. The fraction of sp³-hybridized carbons (Fsp3) is 0.462. The number of halogens is 3. The molecule has 0 bridgehead atoms. The van der Waals surface area contributed by atoms with Gasteiger partial charge in [-0.2, -0.15) is 13.2 Å². The molecule has 1 aromatic carbocycles. The topological polar surface area (TPSA) is 17.1 Å². The van der Waals surface area contributed by atoms with Crippen molar-refractivity contribution in [1.82, 2.24) is 0 Å². The predicted octanol–water partition coefficient (Wildman–Crippen LogP) is 4.22. The molecule has 0 unspecified atom stereocenters. The van der Waals surface area contributed by atoms with Crippen LogP contribution in [0.25, 0.3) is 0 Å². The number of alkyl halides is 3. The zero-order valence-corrected chi connectivity index (χ0v) is 9.90.